The van der Waals surface area contributed by atoms with Crippen molar-refractivity contribution in [3.63, 3.8) is 0 Å². The predicted octanol–water partition coefficient (Wildman–Crippen LogP) is 8.59. The maximum absolute atomic E-state index is 13.3. The van der Waals surface area contributed by atoms with E-state index >= 15 is 0 Å². The van der Waals surface area contributed by atoms with Crippen LogP contribution in [0.15, 0.2) is 194 Å². The fourth-order valence-corrected chi connectivity index (χ4v) is 11.8. The van der Waals surface area contributed by atoms with Crippen molar-refractivity contribution >= 4 is 69.2 Å². The van der Waals surface area contributed by atoms with Crippen LogP contribution in [-0.2, 0) is 0 Å². The molecule has 1 nitrogen and oxygen atoms in total. The minimum absolute atomic E-state index is 0.873. The fraction of sp³-hybridized carbons (Fsp3) is 0.0222. The van der Waals surface area contributed by atoms with Crippen LogP contribution >= 0.6 is 15.8 Å². The van der Waals surface area contributed by atoms with Crippen LogP contribution in [-0.4, -0.2) is 5.11 Å². The number of fused-ring (bicyclic) bond motifs is 2. The Hall–Kier alpha value is -4.90. The van der Waals surface area contributed by atoms with Gasteiger partial charge in [-0.15, -0.1) is 0 Å². The van der Waals surface area contributed by atoms with Gasteiger partial charge in [-0.3, -0.25) is 0 Å². The average Bonchev–Trinajstić information content (AvgIpc) is 3.16. The molecular formula is C45H34OP2. The van der Waals surface area contributed by atoms with Crippen molar-refractivity contribution in [3.8, 4) is 0 Å². The SMILES string of the molecule is OC(c1c(P(c2ccccc2)c2ccccc2)ccc2ccccc12)c1c(P(c2ccccc2)c2ccccc2)ccc2ccccc12. The first-order chi connectivity index (χ1) is 23.8. The molecule has 230 valence electrons. The Kier molecular flexibility index (Phi) is 8.67. The van der Waals surface area contributed by atoms with Crippen LogP contribution in [0.25, 0.3) is 21.5 Å². The van der Waals surface area contributed by atoms with Crippen molar-refractivity contribution in [3.05, 3.63) is 205 Å². The van der Waals surface area contributed by atoms with E-state index in [1.54, 1.807) is 0 Å². The van der Waals surface area contributed by atoms with Gasteiger partial charge in [0.25, 0.3) is 0 Å². The maximum Gasteiger partial charge on any atom is 0.107 e. The Morgan fingerprint density at radius 3 is 0.938 bits per heavy atom. The normalized spacial score (nSPS) is 11.6. The highest BCUT2D eigenvalue weighted by Gasteiger charge is 2.30. The Morgan fingerprint density at radius 2 is 0.604 bits per heavy atom. The largest absolute Gasteiger partial charge is 0.384 e. The van der Waals surface area contributed by atoms with Gasteiger partial charge in [0.05, 0.1) is 0 Å². The molecule has 0 fully saturated rings. The second-order valence-electron chi connectivity index (χ2n) is 11.9. The van der Waals surface area contributed by atoms with E-state index in [-0.39, 0.29) is 0 Å². The van der Waals surface area contributed by atoms with Crippen LogP contribution < -0.4 is 31.8 Å². The second-order valence-corrected chi connectivity index (χ2v) is 16.2. The van der Waals surface area contributed by atoms with Crippen LogP contribution in [0, 0.1) is 0 Å². The lowest BCUT2D eigenvalue weighted by Crippen LogP contribution is -2.28. The van der Waals surface area contributed by atoms with Crippen molar-refractivity contribution in [2.45, 2.75) is 6.10 Å². The Morgan fingerprint density at radius 1 is 0.312 bits per heavy atom. The van der Waals surface area contributed by atoms with Gasteiger partial charge in [-0.05, 0) is 69.2 Å². The molecule has 0 aliphatic rings. The van der Waals surface area contributed by atoms with Gasteiger partial charge >= 0.3 is 0 Å². The van der Waals surface area contributed by atoms with E-state index in [4.69, 9.17) is 0 Å². The molecule has 3 heteroatoms. The van der Waals surface area contributed by atoms with Crippen molar-refractivity contribution < 1.29 is 5.11 Å². The van der Waals surface area contributed by atoms with E-state index in [2.05, 4.69) is 194 Å². The van der Waals surface area contributed by atoms with Crippen LogP contribution in [0.3, 0.4) is 0 Å². The number of benzene rings is 8. The van der Waals surface area contributed by atoms with Gasteiger partial charge < -0.3 is 5.11 Å². The minimum Gasteiger partial charge on any atom is -0.384 e. The molecule has 0 saturated heterocycles. The zero-order valence-corrected chi connectivity index (χ0v) is 28.2. The summed E-state index contributed by atoms with van der Waals surface area (Å²) < 4.78 is 0. The third-order valence-corrected chi connectivity index (χ3v) is 14.0. The lowest BCUT2D eigenvalue weighted by molar-refractivity contribution is 0.225. The summed E-state index contributed by atoms with van der Waals surface area (Å²) in [6.07, 6.45) is -0.873. The van der Waals surface area contributed by atoms with Gasteiger partial charge in [0.15, 0.2) is 0 Å². The molecule has 0 unspecified atom stereocenters. The minimum atomic E-state index is -0.973. The van der Waals surface area contributed by atoms with E-state index in [1.165, 1.54) is 31.8 Å². The highest BCUT2D eigenvalue weighted by atomic mass is 31.1. The summed E-state index contributed by atoms with van der Waals surface area (Å²) >= 11 is 0. The Labute approximate surface area is 284 Å². The Bertz CT molecular complexity index is 2060. The topological polar surface area (TPSA) is 20.2 Å². The molecule has 0 amide bonds. The van der Waals surface area contributed by atoms with Crippen molar-refractivity contribution in [2.24, 2.45) is 0 Å². The van der Waals surface area contributed by atoms with Gasteiger partial charge in [-0.2, -0.15) is 0 Å². The van der Waals surface area contributed by atoms with Crippen molar-refractivity contribution in [2.75, 3.05) is 0 Å². The summed E-state index contributed by atoms with van der Waals surface area (Å²) in [5.41, 5.74) is 1.97. The van der Waals surface area contributed by atoms with Gasteiger partial charge in [0.1, 0.15) is 6.10 Å². The maximum atomic E-state index is 13.3. The molecule has 0 saturated carbocycles. The van der Waals surface area contributed by atoms with Crippen LogP contribution in [0.2, 0.25) is 0 Å². The molecular weight excluding hydrogens is 618 g/mol. The second kappa shape index (κ2) is 13.7. The zero-order chi connectivity index (χ0) is 32.3. The highest BCUT2D eigenvalue weighted by molar-refractivity contribution is 7.80. The summed E-state index contributed by atoms with van der Waals surface area (Å²) in [5, 5.41) is 25.1. The summed E-state index contributed by atoms with van der Waals surface area (Å²) in [6.45, 7) is 0. The predicted molar refractivity (Wildman–Crippen MR) is 209 cm³/mol. The van der Waals surface area contributed by atoms with E-state index in [0.29, 0.717) is 0 Å². The number of aliphatic hydroxyl groups excluding tert-OH is 1. The molecule has 8 aromatic carbocycles. The highest BCUT2D eigenvalue weighted by Crippen LogP contribution is 2.43. The van der Waals surface area contributed by atoms with E-state index in [1.807, 2.05) is 0 Å². The molecule has 48 heavy (non-hydrogen) atoms. The number of hydrogen-bond acceptors (Lipinski definition) is 1. The van der Waals surface area contributed by atoms with Gasteiger partial charge in [0, 0.05) is 11.1 Å². The number of rotatable bonds is 8. The van der Waals surface area contributed by atoms with Crippen molar-refractivity contribution in [1.82, 2.24) is 0 Å². The standard InChI is InChI=1S/C45H34OP2/c46-45(43-39-27-15-13-17-33(39)29-31-41(43)47(35-19-5-1-6-20-35)36-21-7-2-8-22-36)44-40-28-16-14-18-34(40)30-32-42(44)48(37-23-9-3-10-24-37)38-25-11-4-12-26-38/h1-32,45-46H. The van der Waals surface area contributed by atoms with E-state index < -0.39 is 21.9 Å². The first kappa shape index (κ1) is 30.4. The lowest BCUT2D eigenvalue weighted by atomic mass is 9.92. The van der Waals surface area contributed by atoms with Crippen LogP contribution in [0.4, 0.5) is 0 Å². The smallest absolute Gasteiger partial charge is 0.107 e. The molecule has 0 spiro atoms. The molecule has 8 rings (SSSR count). The monoisotopic (exact) mass is 652 g/mol. The molecule has 0 aliphatic heterocycles. The van der Waals surface area contributed by atoms with Gasteiger partial charge in [-0.25, -0.2) is 0 Å². The quantitative estimate of drug-likeness (QED) is 0.163. The van der Waals surface area contributed by atoms with Crippen LogP contribution in [0.5, 0.6) is 0 Å². The zero-order valence-electron chi connectivity index (χ0n) is 26.4. The number of hydrogen-bond donors (Lipinski definition) is 1. The lowest BCUT2D eigenvalue weighted by Gasteiger charge is -2.29. The Balaban J connectivity index is 1.45. The van der Waals surface area contributed by atoms with E-state index in [0.717, 1.165) is 32.7 Å². The fourth-order valence-electron chi connectivity index (χ4n) is 6.84. The molecule has 0 aliphatic carbocycles. The summed E-state index contributed by atoms with van der Waals surface area (Å²) in [6, 6.07) is 69.2. The summed E-state index contributed by atoms with van der Waals surface area (Å²) in [7, 11) is -1.95. The summed E-state index contributed by atoms with van der Waals surface area (Å²) in [5.74, 6) is 0. The average molecular weight is 653 g/mol. The molecule has 0 radical (unpaired) electrons. The molecule has 0 heterocycles. The molecule has 0 bridgehead atoms. The van der Waals surface area contributed by atoms with Gasteiger partial charge in [-0.1, -0.05) is 194 Å². The van der Waals surface area contributed by atoms with E-state index in [9.17, 15) is 5.11 Å². The molecule has 1 N–H and O–H groups in total. The van der Waals surface area contributed by atoms with Crippen molar-refractivity contribution in [1.29, 1.82) is 0 Å². The first-order valence-electron chi connectivity index (χ1n) is 16.3. The summed E-state index contributed by atoms with van der Waals surface area (Å²) in [4.78, 5) is 0. The molecule has 8 aromatic rings. The molecule has 0 atom stereocenters. The van der Waals surface area contributed by atoms with Gasteiger partial charge in [0.2, 0.25) is 0 Å². The third-order valence-electron chi connectivity index (χ3n) is 8.98. The third kappa shape index (κ3) is 5.76. The van der Waals surface area contributed by atoms with Crippen LogP contribution in [0.1, 0.15) is 17.2 Å². The number of aliphatic hydroxyl groups is 1. The molecule has 0 aromatic heterocycles. The first-order valence-corrected chi connectivity index (χ1v) is 19.0.